The number of nitrogens with zero attached hydrogens (tertiary/aromatic N) is 4. The fourth-order valence-corrected chi connectivity index (χ4v) is 5.61. The van der Waals surface area contributed by atoms with E-state index in [1.807, 2.05) is 13.8 Å². The second kappa shape index (κ2) is 10.2. The van der Waals surface area contributed by atoms with E-state index in [1.165, 1.54) is 16.4 Å². The van der Waals surface area contributed by atoms with Gasteiger partial charge in [0.05, 0.1) is 10.5 Å². The third-order valence-corrected chi connectivity index (χ3v) is 8.00. The number of aromatic nitrogens is 1. The van der Waals surface area contributed by atoms with E-state index >= 15 is 0 Å². The molecule has 2 heterocycles. The normalized spacial score (nSPS) is 15.3. The fraction of sp³-hybridized carbons (Fsp3) is 0.400. The van der Waals surface area contributed by atoms with E-state index in [0.29, 0.717) is 35.7 Å². The van der Waals surface area contributed by atoms with Crippen LogP contribution < -0.4 is 4.90 Å². The van der Waals surface area contributed by atoms with E-state index in [0.717, 1.165) is 31.7 Å². The van der Waals surface area contributed by atoms with Gasteiger partial charge in [-0.05, 0) is 56.8 Å². The maximum atomic E-state index is 13.6. The van der Waals surface area contributed by atoms with Gasteiger partial charge in [-0.15, -0.1) is 0 Å². The minimum Gasteiger partial charge on any atom is -0.338 e. The zero-order valence-corrected chi connectivity index (χ0v) is 20.7. The summed E-state index contributed by atoms with van der Waals surface area (Å²) in [4.78, 5) is 4.60. The standard InChI is InChI=1S/C25H31FN4O3S/c1-4-13-30(34(31,32)22-11-5-19(2)6-12-22)18-23-24(20-7-9-21(26)10-8-20)27-33-25(23)29-16-14-28(3)15-17-29/h5-12H,4,13-18H2,1-3H3. The summed E-state index contributed by atoms with van der Waals surface area (Å²) >= 11 is 0. The first kappa shape index (κ1) is 24.4. The first-order valence-electron chi connectivity index (χ1n) is 11.5. The number of likely N-dealkylation sites (N-methyl/N-ethyl adjacent to an activating group) is 1. The van der Waals surface area contributed by atoms with Crippen LogP contribution in [-0.4, -0.2) is 62.6 Å². The molecule has 7 nitrogen and oxygen atoms in total. The Morgan fingerprint density at radius 3 is 2.29 bits per heavy atom. The van der Waals surface area contributed by atoms with Crippen molar-refractivity contribution in [2.75, 3.05) is 44.7 Å². The number of hydrogen-bond donors (Lipinski definition) is 0. The molecule has 9 heteroatoms. The minimum atomic E-state index is -3.74. The first-order chi connectivity index (χ1) is 16.3. The van der Waals surface area contributed by atoms with Crippen LogP contribution in [0.25, 0.3) is 11.3 Å². The predicted octanol–water partition coefficient (Wildman–Crippen LogP) is 4.14. The van der Waals surface area contributed by atoms with Gasteiger partial charge in [-0.2, -0.15) is 4.31 Å². The maximum Gasteiger partial charge on any atom is 0.243 e. The third kappa shape index (κ3) is 5.16. The van der Waals surface area contributed by atoms with Gasteiger partial charge < -0.3 is 14.3 Å². The number of halogens is 1. The molecule has 1 aromatic heterocycles. The van der Waals surface area contributed by atoms with E-state index in [4.69, 9.17) is 4.52 Å². The lowest BCUT2D eigenvalue weighted by molar-refractivity contribution is 0.299. The molecule has 0 bridgehead atoms. The summed E-state index contributed by atoms with van der Waals surface area (Å²) in [5, 5.41) is 4.32. The molecular weight excluding hydrogens is 455 g/mol. The summed E-state index contributed by atoms with van der Waals surface area (Å²) in [6, 6.07) is 12.9. The largest absolute Gasteiger partial charge is 0.338 e. The number of hydrogen-bond acceptors (Lipinski definition) is 6. The molecule has 0 radical (unpaired) electrons. The molecule has 0 N–H and O–H groups in total. The lowest BCUT2D eigenvalue weighted by Gasteiger charge is -2.32. The number of anilines is 1. The van der Waals surface area contributed by atoms with E-state index in [1.54, 1.807) is 36.4 Å². The second-order valence-corrected chi connectivity index (χ2v) is 10.7. The van der Waals surface area contributed by atoms with Crippen LogP contribution in [0.5, 0.6) is 0 Å². The van der Waals surface area contributed by atoms with Crippen LogP contribution in [0.4, 0.5) is 10.3 Å². The van der Waals surface area contributed by atoms with Crippen LogP contribution in [0.3, 0.4) is 0 Å². The van der Waals surface area contributed by atoms with Gasteiger partial charge in [0.25, 0.3) is 0 Å². The first-order valence-corrected chi connectivity index (χ1v) is 13.0. The number of aryl methyl sites for hydroxylation is 1. The van der Waals surface area contributed by atoms with Crippen molar-refractivity contribution in [2.24, 2.45) is 0 Å². The van der Waals surface area contributed by atoms with Crippen molar-refractivity contribution in [3.8, 4) is 11.3 Å². The Morgan fingerprint density at radius 2 is 1.68 bits per heavy atom. The average Bonchev–Trinajstić information content (AvgIpc) is 3.23. The molecule has 0 aliphatic carbocycles. The Morgan fingerprint density at radius 1 is 1.03 bits per heavy atom. The predicted molar refractivity (Wildman–Crippen MR) is 131 cm³/mol. The SMILES string of the molecule is CCCN(Cc1c(-c2ccc(F)cc2)noc1N1CCN(C)CC1)S(=O)(=O)c1ccc(C)cc1. The summed E-state index contributed by atoms with van der Waals surface area (Å²) < 4.78 is 48.0. The number of piperazine rings is 1. The molecule has 34 heavy (non-hydrogen) atoms. The Balaban J connectivity index is 1.75. The van der Waals surface area contributed by atoms with E-state index in [9.17, 15) is 12.8 Å². The van der Waals surface area contributed by atoms with Gasteiger partial charge in [-0.25, -0.2) is 12.8 Å². The summed E-state index contributed by atoms with van der Waals surface area (Å²) in [5.41, 5.74) is 2.91. The molecule has 0 unspecified atom stereocenters. The zero-order chi connectivity index (χ0) is 24.3. The molecule has 1 saturated heterocycles. The second-order valence-electron chi connectivity index (χ2n) is 8.76. The smallest absolute Gasteiger partial charge is 0.243 e. The number of sulfonamides is 1. The molecule has 0 atom stereocenters. The van der Waals surface area contributed by atoms with Crippen LogP contribution >= 0.6 is 0 Å². The monoisotopic (exact) mass is 486 g/mol. The van der Waals surface area contributed by atoms with E-state index in [2.05, 4.69) is 22.0 Å². The van der Waals surface area contributed by atoms with Crippen LogP contribution in [0.2, 0.25) is 0 Å². The Bertz CT molecular complexity index is 1200. The Labute approximate surface area is 200 Å². The van der Waals surface area contributed by atoms with Gasteiger partial charge in [-0.1, -0.05) is 29.8 Å². The molecule has 1 aliphatic heterocycles. The molecule has 4 rings (SSSR count). The van der Waals surface area contributed by atoms with Crippen molar-refractivity contribution >= 4 is 15.9 Å². The van der Waals surface area contributed by atoms with Crippen molar-refractivity contribution in [2.45, 2.75) is 31.7 Å². The highest BCUT2D eigenvalue weighted by atomic mass is 32.2. The van der Waals surface area contributed by atoms with Crippen molar-refractivity contribution in [3.05, 3.63) is 65.5 Å². The highest BCUT2D eigenvalue weighted by Crippen LogP contribution is 2.34. The quantitative estimate of drug-likeness (QED) is 0.477. The molecule has 0 spiro atoms. The molecule has 182 valence electrons. The third-order valence-electron chi connectivity index (χ3n) is 6.14. The molecule has 1 fully saturated rings. The summed E-state index contributed by atoms with van der Waals surface area (Å²) in [5.74, 6) is 0.232. The van der Waals surface area contributed by atoms with Crippen molar-refractivity contribution in [1.29, 1.82) is 0 Å². The van der Waals surface area contributed by atoms with Crippen LogP contribution in [0.1, 0.15) is 24.5 Å². The Kier molecular flexibility index (Phi) is 7.35. The average molecular weight is 487 g/mol. The molecule has 2 aromatic carbocycles. The van der Waals surface area contributed by atoms with E-state index in [-0.39, 0.29) is 17.3 Å². The summed E-state index contributed by atoms with van der Waals surface area (Å²) in [7, 11) is -1.67. The zero-order valence-electron chi connectivity index (χ0n) is 19.9. The summed E-state index contributed by atoms with van der Waals surface area (Å²) in [6.07, 6.45) is 0.659. The van der Waals surface area contributed by atoms with Gasteiger partial charge in [0.1, 0.15) is 11.5 Å². The van der Waals surface area contributed by atoms with Gasteiger partial charge >= 0.3 is 0 Å². The highest BCUT2D eigenvalue weighted by Gasteiger charge is 2.31. The van der Waals surface area contributed by atoms with Crippen LogP contribution in [0.15, 0.2) is 57.9 Å². The topological polar surface area (TPSA) is 69.9 Å². The number of benzene rings is 2. The molecular formula is C25H31FN4O3S. The lowest BCUT2D eigenvalue weighted by Crippen LogP contribution is -2.44. The summed E-state index contributed by atoms with van der Waals surface area (Å²) in [6.45, 7) is 7.58. The molecule has 1 aliphatic rings. The fourth-order valence-electron chi connectivity index (χ4n) is 4.10. The van der Waals surface area contributed by atoms with E-state index < -0.39 is 10.0 Å². The van der Waals surface area contributed by atoms with Gasteiger partial charge in [0, 0.05) is 44.8 Å². The van der Waals surface area contributed by atoms with Crippen molar-refractivity contribution < 1.29 is 17.3 Å². The van der Waals surface area contributed by atoms with Crippen LogP contribution in [0, 0.1) is 12.7 Å². The van der Waals surface area contributed by atoms with Crippen LogP contribution in [-0.2, 0) is 16.6 Å². The van der Waals surface area contributed by atoms with Gasteiger partial charge in [0.15, 0.2) is 0 Å². The van der Waals surface area contributed by atoms with Gasteiger partial charge in [0.2, 0.25) is 15.9 Å². The molecule has 3 aromatic rings. The molecule has 0 amide bonds. The minimum absolute atomic E-state index is 0.113. The Hall–Kier alpha value is -2.75. The maximum absolute atomic E-state index is 13.6. The highest BCUT2D eigenvalue weighted by molar-refractivity contribution is 7.89. The van der Waals surface area contributed by atoms with Crippen molar-refractivity contribution in [3.63, 3.8) is 0 Å². The number of rotatable bonds is 8. The molecule has 0 saturated carbocycles. The van der Waals surface area contributed by atoms with Crippen molar-refractivity contribution in [1.82, 2.24) is 14.4 Å². The van der Waals surface area contributed by atoms with Gasteiger partial charge in [-0.3, -0.25) is 0 Å². The lowest BCUT2D eigenvalue weighted by atomic mass is 10.1.